The van der Waals surface area contributed by atoms with Crippen LogP contribution in [0.15, 0.2) is 42.7 Å². The number of pyridine rings is 1. The highest BCUT2D eigenvalue weighted by molar-refractivity contribution is 5.40. The Balaban J connectivity index is 1.89. The summed E-state index contributed by atoms with van der Waals surface area (Å²) in [7, 11) is 1.74. The zero-order valence-electron chi connectivity index (χ0n) is 11.3. The third kappa shape index (κ3) is 2.62. The first-order valence-electron chi connectivity index (χ1n) is 6.92. The van der Waals surface area contributed by atoms with Gasteiger partial charge >= 0.3 is 0 Å². The Morgan fingerprint density at radius 3 is 2.84 bits per heavy atom. The first-order chi connectivity index (χ1) is 9.36. The van der Waals surface area contributed by atoms with Gasteiger partial charge in [-0.1, -0.05) is 6.07 Å². The summed E-state index contributed by atoms with van der Waals surface area (Å²) in [6.45, 7) is 0. The second-order valence-electron chi connectivity index (χ2n) is 5.21. The molecule has 19 heavy (non-hydrogen) atoms. The SMILES string of the molecule is COc1ccc2c(c1)C(Cc1ccncc1)CCC2. The van der Waals surface area contributed by atoms with E-state index in [2.05, 4.69) is 35.3 Å². The molecule has 1 unspecified atom stereocenters. The van der Waals surface area contributed by atoms with Crippen LogP contribution in [0.5, 0.6) is 5.75 Å². The highest BCUT2D eigenvalue weighted by atomic mass is 16.5. The van der Waals surface area contributed by atoms with Crippen LogP contribution in [0, 0.1) is 0 Å². The van der Waals surface area contributed by atoms with Gasteiger partial charge in [0.15, 0.2) is 0 Å². The number of rotatable bonds is 3. The number of hydrogen-bond donors (Lipinski definition) is 0. The molecule has 2 nitrogen and oxygen atoms in total. The van der Waals surface area contributed by atoms with Crippen LogP contribution < -0.4 is 4.74 Å². The maximum Gasteiger partial charge on any atom is 0.119 e. The molecule has 0 radical (unpaired) electrons. The average molecular weight is 253 g/mol. The van der Waals surface area contributed by atoms with Crippen LogP contribution in [0.3, 0.4) is 0 Å². The van der Waals surface area contributed by atoms with Gasteiger partial charge in [0.25, 0.3) is 0 Å². The molecule has 1 atom stereocenters. The molecular weight excluding hydrogens is 234 g/mol. The Hall–Kier alpha value is -1.83. The van der Waals surface area contributed by atoms with Gasteiger partial charge in [0.2, 0.25) is 0 Å². The Kier molecular flexibility index (Phi) is 3.49. The Bertz CT molecular complexity index is 550. The highest BCUT2D eigenvalue weighted by Crippen LogP contribution is 2.36. The minimum atomic E-state index is 0.612. The van der Waals surface area contributed by atoms with Crippen molar-refractivity contribution in [2.24, 2.45) is 0 Å². The number of ether oxygens (including phenoxy) is 1. The number of hydrogen-bond acceptors (Lipinski definition) is 2. The maximum absolute atomic E-state index is 5.37. The van der Waals surface area contributed by atoms with Crippen molar-refractivity contribution in [1.29, 1.82) is 0 Å². The molecule has 0 aliphatic heterocycles. The third-order valence-electron chi connectivity index (χ3n) is 4.02. The fourth-order valence-electron chi connectivity index (χ4n) is 3.02. The van der Waals surface area contributed by atoms with E-state index < -0.39 is 0 Å². The minimum absolute atomic E-state index is 0.612. The molecule has 98 valence electrons. The zero-order valence-corrected chi connectivity index (χ0v) is 11.3. The van der Waals surface area contributed by atoms with Gasteiger partial charge in [0.05, 0.1) is 7.11 Å². The number of methoxy groups -OCH3 is 1. The standard InChI is InChI=1S/C17H19NO/c1-19-16-6-5-14-3-2-4-15(17(14)12-16)11-13-7-9-18-10-8-13/h5-10,12,15H,2-4,11H2,1H3. The summed E-state index contributed by atoms with van der Waals surface area (Å²) in [4.78, 5) is 4.09. The molecule has 1 aromatic heterocycles. The van der Waals surface area contributed by atoms with Crippen LogP contribution in [0.4, 0.5) is 0 Å². The summed E-state index contributed by atoms with van der Waals surface area (Å²) in [5.41, 5.74) is 4.34. The molecule has 2 aromatic rings. The quantitative estimate of drug-likeness (QED) is 0.831. The average Bonchev–Trinajstić information content (AvgIpc) is 2.48. The van der Waals surface area contributed by atoms with E-state index in [0.717, 1.165) is 12.2 Å². The predicted molar refractivity (Wildman–Crippen MR) is 76.6 cm³/mol. The van der Waals surface area contributed by atoms with Gasteiger partial charge in [0.1, 0.15) is 5.75 Å². The van der Waals surface area contributed by atoms with E-state index in [1.807, 2.05) is 12.4 Å². The monoisotopic (exact) mass is 253 g/mol. The lowest BCUT2D eigenvalue weighted by Gasteiger charge is -2.26. The molecule has 0 fully saturated rings. The van der Waals surface area contributed by atoms with Crippen LogP contribution in [0.1, 0.15) is 35.4 Å². The van der Waals surface area contributed by atoms with E-state index in [1.54, 1.807) is 7.11 Å². The first-order valence-corrected chi connectivity index (χ1v) is 6.92. The summed E-state index contributed by atoms with van der Waals surface area (Å²) in [5.74, 6) is 1.58. The van der Waals surface area contributed by atoms with Gasteiger partial charge in [-0.25, -0.2) is 0 Å². The molecule has 1 aromatic carbocycles. The van der Waals surface area contributed by atoms with Crippen molar-refractivity contribution in [3.63, 3.8) is 0 Å². The van der Waals surface area contributed by atoms with E-state index >= 15 is 0 Å². The van der Waals surface area contributed by atoms with Crippen LogP contribution in [-0.4, -0.2) is 12.1 Å². The van der Waals surface area contributed by atoms with Crippen molar-refractivity contribution < 1.29 is 4.74 Å². The molecule has 1 aliphatic carbocycles. The smallest absolute Gasteiger partial charge is 0.119 e. The fraction of sp³-hybridized carbons (Fsp3) is 0.353. The predicted octanol–water partition coefficient (Wildman–Crippen LogP) is 3.75. The van der Waals surface area contributed by atoms with Gasteiger partial charge in [-0.05, 0) is 72.6 Å². The molecule has 0 bridgehead atoms. The molecule has 2 heteroatoms. The lowest BCUT2D eigenvalue weighted by atomic mass is 9.79. The van der Waals surface area contributed by atoms with Crippen molar-refractivity contribution in [2.45, 2.75) is 31.6 Å². The summed E-state index contributed by atoms with van der Waals surface area (Å²) in [5, 5.41) is 0. The summed E-state index contributed by atoms with van der Waals surface area (Å²) in [6, 6.07) is 10.8. The van der Waals surface area contributed by atoms with E-state index in [1.165, 1.54) is 36.0 Å². The highest BCUT2D eigenvalue weighted by Gasteiger charge is 2.21. The number of benzene rings is 1. The van der Waals surface area contributed by atoms with Gasteiger partial charge in [-0.3, -0.25) is 4.98 Å². The molecule has 1 aliphatic rings. The fourth-order valence-corrected chi connectivity index (χ4v) is 3.02. The molecule has 0 saturated carbocycles. The summed E-state index contributed by atoms with van der Waals surface area (Å²) in [6.07, 6.45) is 8.61. The van der Waals surface area contributed by atoms with Crippen LogP contribution in [0.2, 0.25) is 0 Å². The van der Waals surface area contributed by atoms with Crippen molar-refractivity contribution in [1.82, 2.24) is 4.98 Å². The molecule has 0 saturated heterocycles. The number of aryl methyl sites for hydroxylation is 1. The van der Waals surface area contributed by atoms with Gasteiger partial charge in [-0.2, -0.15) is 0 Å². The second-order valence-corrected chi connectivity index (χ2v) is 5.21. The van der Waals surface area contributed by atoms with E-state index in [9.17, 15) is 0 Å². The molecule has 0 spiro atoms. The van der Waals surface area contributed by atoms with E-state index in [4.69, 9.17) is 4.74 Å². The lowest BCUT2D eigenvalue weighted by Crippen LogP contribution is -2.12. The molecule has 1 heterocycles. The van der Waals surface area contributed by atoms with Crippen molar-refractivity contribution in [3.8, 4) is 5.75 Å². The molecule has 0 amide bonds. The van der Waals surface area contributed by atoms with Gasteiger partial charge in [-0.15, -0.1) is 0 Å². The summed E-state index contributed by atoms with van der Waals surface area (Å²) < 4.78 is 5.37. The van der Waals surface area contributed by atoms with Crippen LogP contribution in [0.25, 0.3) is 0 Å². The second kappa shape index (κ2) is 5.43. The van der Waals surface area contributed by atoms with Crippen LogP contribution >= 0.6 is 0 Å². The van der Waals surface area contributed by atoms with Crippen LogP contribution in [-0.2, 0) is 12.8 Å². The maximum atomic E-state index is 5.37. The Morgan fingerprint density at radius 1 is 1.21 bits per heavy atom. The summed E-state index contributed by atoms with van der Waals surface area (Å²) >= 11 is 0. The largest absolute Gasteiger partial charge is 0.497 e. The Labute approximate surface area is 114 Å². The van der Waals surface area contributed by atoms with E-state index in [0.29, 0.717) is 5.92 Å². The Morgan fingerprint density at radius 2 is 2.05 bits per heavy atom. The number of nitrogens with zero attached hydrogens (tertiary/aromatic N) is 1. The number of aromatic nitrogens is 1. The van der Waals surface area contributed by atoms with Crippen molar-refractivity contribution in [2.75, 3.05) is 7.11 Å². The minimum Gasteiger partial charge on any atom is -0.497 e. The van der Waals surface area contributed by atoms with Crippen molar-refractivity contribution in [3.05, 3.63) is 59.4 Å². The van der Waals surface area contributed by atoms with Gasteiger partial charge in [0, 0.05) is 12.4 Å². The molecule has 0 N–H and O–H groups in total. The molecular formula is C17H19NO. The third-order valence-corrected chi connectivity index (χ3v) is 4.02. The normalized spacial score (nSPS) is 17.8. The topological polar surface area (TPSA) is 22.1 Å². The van der Waals surface area contributed by atoms with Gasteiger partial charge < -0.3 is 4.74 Å². The van der Waals surface area contributed by atoms with E-state index in [-0.39, 0.29) is 0 Å². The zero-order chi connectivity index (χ0) is 13.1. The lowest BCUT2D eigenvalue weighted by molar-refractivity contribution is 0.412. The number of fused-ring (bicyclic) bond motifs is 1. The molecule has 3 rings (SSSR count). The van der Waals surface area contributed by atoms with Crippen molar-refractivity contribution >= 4 is 0 Å². The first kappa shape index (κ1) is 12.2.